The lowest BCUT2D eigenvalue weighted by Crippen LogP contribution is -2.41. The van der Waals surface area contributed by atoms with Gasteiger partial charge in [-0.3, -0.25) is 9.32 Å². The van der Waals surface area contributed by atoms with E-state index in [1.807, 2.05) is 0 Å². The first-order valence-corrected chi connectivity index (χ1v) is 5.78. The van der Waals surface area contributed by atoms with Gasteiger partial charge in [-0.15, -0.1) is 0 Å². The van der Waals surface area contributed by atoms with E-state index in [1.165, 1.54) is 25.3 Å². The average molecular weight is 294 g/mol. The van der Waals surface area contributed by atoms with Crippen molar-refractivity contribution in [2.75, 3.05) is 12.4 Å². The molecule has 0 bridgehead atoms. The molecule has 0 atom stereocenters. The number of amides is 1. The molecule has 0 fully saturated rings. The van der Waals surface area contributed by atoms with Gasteiger partial charge in [-0.25, -0.2) is 9.59 Å². The van der Waals surface area contributed by atoms with E-state index in [0.29, 0.717) is 5.69 Å². The zero-order valence-corrected chi connectivity index (χ0v) is 11.0. The molecule has 0 unspecified atom stereocenters. The van der Waals surface area contributed by atoms with Crippen molar-refractivity contribution >= 4 is 17.6 Å². The lowest BCUT2D eigenvalue weighted by molar-refractivity contribution is -0.750. The van der Waals surface area contributed by atoms with Crippen LogP contribution >= 0.6 is 0 Å². The van der Waals surface area contributed by atoms with Crippen molar-refractivity contribution in [1.82, 2.24) is 5.27 Å². The lowest BCUT2D eigenvalue weighted by atomic mass is 10.2. The van der Waals surface area contributed by atoms with Crippen molar-refractivity contribution in [2.45, 2.75) is 6.54 Å². The fourth-order valence-corrected chi connectivity index (χ4v) is 1.63. The minimum absolute atomic E-state index is 0.0402. The van der Waals surface area contributed by atoms with E-state index in [1.54, 1.807) is 0 Å². The number of hydrogen-bond acceptors (Lipinski definition) is 5. The summed E-state index contributed by atoms with van der Waals surface area (Å²) in [6.07, 6.45) is 1.09. The van der Waals surface area contributed by atoms with Crippen LogP contribution in [0.15, 0.2) is 33.7 Å². The molecule has 110 valence electrons. The van der Waals surface area contributed by atoms with Crippen molar-refractivity contribution in [2.24, 2.45) is 0 Å². The van der Waals surface area contributed by atoms with Crippen molar-refractivity contribution in [1.29, 1.82) is 0 Å². The third-order valence-corrected chi connectivity index (χ3v) is 2.56. The number of carboxylic acids is 1. The van der Waals surface area contributed by atoms with Gasteiger partial charge in [-0.05, 0) is 23.5 Å². The average Bonchev–Trinajstić information content (AvgIpc) is 2.84. The van der Waals surface area contributed by atoms with Gasteiger partial charge < -0.3 is 15.2 Å². The number of H-pyrrole nitrogens is 1. The van der Waals surface area contributed by atoms with Crippen LogP contribution in [0.4, 0.5) is 5.69 Å². The summed E-state index contributed by atoms with van der Waals surface area (Å²) in [7, 11) is 1.36. The Kier molecular flexibility index (Phi) is 4.02. The first kappa shape index (κ1) is 14.3. The van der Waals surface area contributed by atoms with Gasteiger partial charge in [0.1, 0.15) is 5.75 Å². The molecule has 1 aromatic carbocycles. The molecular weight excluding hydrogens is 282 g/mol. The topological polar surface area (TPSA) is 126 Å². The summed E-state index contributed by atoms with van der Waals surface area (Å²) in [6, 6.07) is 4.06. The third-order valence-electron chi connectivity index (χ3n) is 2.56. The fraction of sp³-hybridized carbons (Fsp3) is 0.167. The van der Waals surface area contributed by atoms with E-state index in [9.17, 15) is 14.4 Å². The zero-order chi connectivity index (χ0) is 15.4. The Morgan fingerprint density at radius 3 is 2.81 bits per heavy atom. The Morgan fingerprint density at radius 1 is 1.48 bits per heavy atom. The standard InChI is InChI=1S/C12H11N3O6/c1-20-9-4-7(12(18)19)2-3-8(9)13-10(16)5-15-6-11(17)21-14-15/h2-4,6H,5H2,1H3,(H2-,13,14,16,17,18,19)/p+1. The number of carbonyl (C=O) groups is 2. The van der Waals surface area contributed by atoms with Gasteiger partial charge in [0.2, 0.25) is 0 Å². The number of aromatic nitrogens is 2. The quantitative estimate of drug-likeness (QED) is 0.644. The smallest absolute Gasteiger partial charge is 0.426 e. The maximum atomic E-state index is 11.8. The van der Waals surface area contributed by atoms with Gasteiger partial charge in [-0.2, -0.15) is 0 Å². The molecule has 0 aliphatic heterocycles. The summed E-state index contributed by atoms with van der Waals surface area (Å²) in [6.45, 7) is -0.171. The number of methoxy groups -OCH3 is 1. The van der Waals surface area contributed by atoms with Gasteiger partial charge in [0.25, 0.3) is 18.6 Å². The van der Waals surface area contributed by atoms with Crippen LogP contribution in [0, 0.1) is 0 Å². The van der Waals surface area contributed by atoms with Crippen molar-refractivity contribution < 1.29 is 28.6 Å². The van der Waals surface area contributed by atoms with Crippen molar-refractivity contribution in [3.63, 3.8) is 0 Å². The molecule has 9 heteroatoms. The first-order valence-electron chi connectivity index (χ1n) is 5.78. The predicted octanol–water partition coefficient (Wildman–Crippen LogP) is -0.399. The monoisotopic (exact) mass is 294 g/mol. The normalized spacial score (nSPS) is 10.1. The number of aromatic carboxylic acids is 1. The second-order valence-electron chi connectivity index (χ2n) is 4.04. The zero-order valence-electron chi connectivity index (χ0n) is 11.0. The highest BCUT2D eigenvalue weighted by Gasteiger charge is 2.16. The largest absolute Gasteiger partial charge is 0.495 e. The van der Waals surface area contributed by atoms with Gasteiger partial charge in [-0.1, -0.05) is 4.68 Å². The summed E-state index contributed by atoms with van der Waals surface area (Å²) < 4.78 is 10.6. The second kappa shape index (κ2) is 5.90. The molecule has 1 heterocycles. The first-order chi connectivity index (χ1) is 9.99. The van der Waals surface area contributed by atoms with E-state index >= 15 is 0 Å². The van der Waals surface area contributed by atoms with Crippen LogP contribution in [0.3, 0.4) is 0 Å². The van der Waals surface area contributed by atoms with Crippen LogP contribution in [-0.4, -0.2) is 29.4 Å². The van der Waals surface area contributed by atoms with E-state index in [0.717, 1.165) is 10.9 Å². The highest BCUT2D eigenvalue weighted by molar-refractivity contribution is 5.93. The summed E-state index contributed by atoms with van der Waals surface area (Å²) in [5.41, 5.74) is -0.247. The summed E-state index contributed by atoms with van der Waals surface area (Å²) in [4.78, 5) is 33.5. The van der Waals surface area contributed by atoms with E-state index in [-0.39, 0.29) is 17.9 Å². The summed E-state index contributed by atoms with van der Waals surface area (Å²) in [5.74, 6) is -1.33. The number of carboxylic acid groups (broad SMARTS) is 1. The highest BCUT2D eigenvalue weighted by atomic mass is 16.5. The van der Waals surface area contributed by atoms with Crippen LogP contribution in [0.2, 0.25) is 0 Å². The Morgan fingerprint density at radius 2 is 2.24 bits per heavy atom. The Bertz CT molecular complexity index is 733. The third kappa shape index (κ3) is 3.47. The van der Waals surface area contributed by atoms with E-state index in [2.05, 4.69) is 15.1 Å². The molecule has 9 nitrogen and oxygen atoms in total. The van der Waals surface area contributed by atoms with Crippen LogP contribution in [0.1, 0.15) is 10.4 Å². The summed E-state index contributed by atoms with van der Waals surface area (Å²) in [5, 5.41) is 13.7. The molecule has 1 amide bonds. The Hall–Kier alpha value is -3.10. The minimum atomic E-state index is -1.10. The molecule has 2 aromatic rings. The molecule has 21 heavy (non-hydrogen) atoms. The van der Waals surface area contributed by atoms with Crippen LogP contribution in [0.5, 0.6) is 5.75 Å². The Balaban J connectivity index is 2.13. The number of benzene rings is 1. The molecule has 0 saturated carbocycles. The van der Waals surface area contributed by atoms with Gasteiger partial charge in [0.15, 0.2) is 0 Å². The fourth-order valence-electron chi connectivity index (χ4n) is 1.63. The molecule has 0 aliphatic rings. The number of ether oxygens (including phenoxy) is 1. The minimum Gasteiger partial charge on any atom is -0.495 e. The van der Waals surface area contributed by atoms with Crippen molar-refractivity contribution in [3.8, 4) is 5.75 Å². The van der Waals surface area contributed by atoms with Crippen LogP contribution in [0.25, 0.3) is 0 Å². The van der Waals surface area contributed by atoms with Gasteiger partial charge in [0, 0.05) is 0 Å². The number of nitrogens with one attached hydrogen (secondary N) is 2. The number of nitrogens with zero attached hydrogens (tertiary/aromatic N) is 1. The molecular formula is C12H12N3O6+. The van der Waals surface area contributed by atoms with Gasteiger partial charge >= 0.3 is 11.6 Å². The molecule has 3 N–H and O–H groups in total. The predicted molar refractivity (Wildman–Crippen MR) is 68.1 cm³/mol. The SMILES string of the molecule is COc1cc(C(=O)O)ccc1NC(=O)C[n+]1cc(=O)o[nH]1. The maximum absolute atomic E-state index is 11.8. The number of rotatable bonds is 5. The van der Waals surface area contributed by atoms with Gasteiger partial charge in [0.05, 0.1) is 18.4 Å². The van der Waals surface area contributed by atoms with Crippen molar-refractivity contribution in [3.05, 3.63) is 40.4 Å². The molecule has 2 rings (SSSR count). The molecule has 0 spiro atoms. The molecule has 0 saturated heterocycles. The maximum Gasteiger partial charge on any atom is 0.426 e. The number of hydrogen-bond donors (Lipinski definition) is 3. The van der Waals surface area contributed by atoms with Crippen LogP contribution < -0.4 is 20.4 Å². The highest BCUT2D eigenvalue weighted by Crippen LogP contribution is 2.25. The number of carbonyl (C=O) groups excluding carboxylic acids is 1. The van der Waals surface area contributed by atoms with E-state index < -0.39 is 17.5 Å². The Labute approximate surface area is 117 Å². The van der Waals surface area contributed by atoms with Crippen LogP contribution in [-0.2, 0) is 11.3 Å². The molecule has 0 radical (unpaired) electrons. The molecule has 1 aromatic heterocycles. The second-order valence-corrected chi connectivity index (χ2v) is 4.04. The molecule has 0 aliphatic carbocycles. The lowest BCUT2D eigenvalue weighted by Gasteiger charge is -2.09. The summed E-state index contributed by atoms with van der Waals surface area (Å²) >= 11 is 0. The number of aromatic amines is 1. The number of anilines is 1. The van der Waals surface area contributed by atoms with E-state index in [4.69, 9.17) is 9.84 Å².